The molecule has 150 valence electrons. The van der Waals surface area contributed by atoms with Crippen molar-refractivity contribution >= 4 is 11.8 Å². The van der Waals surface area contributed by atoms with Gasteiger partial charge in [0.05, 0.1) is 6.10 Å². The molecule has 1 aromatic heterocycles. The quantitative estimate of drug-likeness (QED) is 0.650. The lowest BCUT2D eigenvalue weighted by Gasteiger charge is -2.43. The molecule has 1 aromatic carbocycles. The lowest BCUT2D eigenvalue weighted by molar-refractivity contribution is -0.164. The molecule has 0 bridgehead atoms. The van der Waals surface area contributed by atoms with Gasteiger partial charge in [0.1, 0.15) is 11.2 Å². The largest absolute Gasteiger partial charge is 0.481 e. The zero-order chi connectivity index (χ0) is 20.0. The molecule has 0 spiro atoms. The van der Waals surface area contributed by atoms with E-state index in [1.54, 1.807) is 6.20 Å². The minimum atomic E-state index is -1.13. The van der Waals surface area contributed by atoms with Crippen molar-refractivity contribution in [1.82, 2.24) is 9.88 Å². The van der Waals surface area contributed by atoms with Crippen LogP contribution < -0.4 is 5.32 Å². The minimum absolute atomic E-state index is 0.344. The van der Waals surface area contributed by atoms with E-state index in [4.69, 9.17) is 0 Å². The number of hydrogen-bond acceptors (Lipinski definition) is 5. The third kappa shape index (κ3) is 4.51. The molecule has 1 saturated heterocycles. The maximum Gasteiger partial charge on any atom is 0.313 e. The Morgan fingerprint density at radius 1 is 1.29 bits per heavy atom. The van der Waals surface area contributed by atoms with Gasteiger partial charge in [0.2, 0.25) is 0 Å². The van der Waals surface area contributed by atoms with Crippen molar-refractivity contribution in [3.63, 3.8) is 0 Å². The van der Waals surface area contributed by atoms with Gasteiger partial charge in [0.25, 0.3) is 0 Å². The lowest BCUT2D eigenvalue weighted by atomic mass is 9.73. The van der Waals surface area contributed by atoms with E-state index >= 15 is 0 Å². The number of aliphatic hydroxyl groups excluding tert-OH is 1. The molecule has 0 aliphatic carbocycles. The maximum atomic E-state index is 12.2. The number of nitrogens with one attached hydrogen (secondary N) is 1. The second kappa shape index (κ2) is 9.17. The number of carboxylic acid groups (broad SMARTS) is 1. The first-order chi connectivity index (χ1) is 13.5. The van der Waals surface area contributed by atoms with Gasteiger partial charge in [-0.3, -0.25) is 9.69 Å². The molecule has 1 aliphatic rings. The zero-order valence-electron chi connectivity index (χ0n) is 16.3. The Hall–Kier alpha value is -2.44. The first-order valence-corrected chi connectivity index (χ1v) is 9.84. The van der Waals surface area contributed by atoms with Gasteiger partial charge in [-0.2, -0.15) is 0 Å². The molecule has 3 N–H and O–H groups in total. The van der Waals surface area contributed by atoms with Gasteiger partial charge in [0, 0.05) is 38.4 Å². The van der Waals surface area contributed by atoms with Crippen molar-refractivity contribution < 1.29 is 15.0 Å². The highest BCUT2D eigenvalue weighted by Gasteiger charge is 2.48. The third-order valence-corrected chi connectivity index (χ3v) is 5.74. The number of aryl methyl sites for hydroxylation is 1. The molecule has 2 heterocycles. The number of carbonyl (C=O) groups is 1. The molecule has 1 fully saturated rings. The Bertz CT molecular complexity index is 784. The fourth-order valence-electron chi connectivity index (χ4n) is 4.15. The van der Waals surface area contributed by atoms with E-state index in [1.807, 2.05) is 37.4 Å². The minimum Gasteiger partial charge on any atom is -0.481 e. The number of hydrogen-bond donors (Lipinski definition) is 3. The van der Waals surface area contributed by atoms with Gasteiger partial charge < -0.3 is 15.5 Å². The number of nitrogens with zero attached hydrogens (tertiary/aromatic N) is 2. The molecular formula is C22H29N3O3. The fraction of sp³-hybridized carbons (Fsp3) is 0.455. The van der Waals surface area contributed by atoms with Crippen LogP contribution in [-0.2, 0) is 17.8 Å². The summed E-state index contributed by atoms with van der Waals surface area (Å²) < 4.78 is 0. The number of aliphatic carboxylic acids is 1. The summed E-state index contributed by atoms with van der Waals surface area (Å²) in [6.07, 6.45) is 3.38. The maximum absolute atomic E-state index is 12.2. The summed E-state index contributed by atoms with van der Waals surface area (Å²) in [4.78, 5) is 18.7. The van der Waals surface area contributed by atoms with Crippen LogP contribution in [0.1, 0.15) is 30.4 Å². The molecule has 3 rings (SSSR count). The number of piperidine rings is 1. The zero-order valence-corrected chi connectivity index (χ0v) is 16.3. The highest BCUT2D eigenvalue weighted by molar-refractivity contribution is 5.76. The molecule has 1 aliphatic heterocycles. The number of carboxylic acids is 1. The summed E-state index contributed by atoms with van der Waals surface area (Å²) in [6.45, 7) is 1.63. The summed E-state index contributed by atoms with van der Waals surface area (Å²) in [6, 6.07) is 14.0. The Kier molecular flexibility index (Phi) is 6.65. The monoisotopic (exact) mass is 383 g/mol. The van der Waals surface area contributed by atoms with E-state index in [0.717, 1.165) is 24.2 Å². The van der Waals surface area contributed by atoms with Crippen LogP contribution >= 0.6 is 0 Å². The smallest absolute Gasteiger partial charge is 0.313 e. The second-order valence-corrected chi connectivity index (χ2v) is 7.58. The molecule has 28 heavy (non-hydrogen) atoms. The van der Waals surface area contributed by atoms with Crippen molar-refractivity contribution in [3.05, 3.63) is 59.8 Å². The number of pyridine rings is 1. The van der Waals surface area contributed by atoms with Crippen molar-refractivity contribution in [3.8, 4) is 0 Å². The number of likely N-dealkylation sites (tertiary alicyclic amines) is 1. The summed E-state index contributed by atoms with van der Waals surface area (Å²) in [7, 11) is 1.83. The molecule has 2 aromatic rings. The summed E-state index contributed by atoms with van der Waals surface area (Å²) in [5, 5.41) is 23.8. The Morgan fingerprint density at radius 2 is 2.07 bits per heavy atom. The highest BCUT2D eigenvalue weighted by Crippen LogP contribution is 2.37. The van der Waals surface area contributed by atoms with E-state index in [-0.39, 0.29) is 0 Å². The summed E-state index contributed by atoms with van der Waals surface area (Å²) in [5.74, 6) is -0.101. The normalized spacial score (nSPS) is 22.7. The molecule has 6 nitrogen and oxygen atoms in total. The Labute approximate surface area is 166 Å². The van der Waals surface area contributed by atoms with Crippen LogP contribution in [0, 0.1) is 5.41 Å². The first-order valence-electron chi connectivity index (χ1n) is 9.84. The van der Waals surface area contributed by atoms with Crippen molar-refractivity contribution in [2.45, 2.75) is 38.3 Å². The number of rotatable bonds is 8. The molecular weight excluding hydrogens is 354 g/mol. The van der Waals surface area contributed by atoms with Gasteiger partial charge in [-0.25, -0.2) is 4.98 Å². The number of benzene rings is 1. The predicted molar refractivity (Wildman–Crippen MR) is 109 cm³/mol. The Morgan fingerprint density at radius 3 is 2.79 bits per heavy atom. The molecule has 2 atom stereocenters. The van der Waals surface area contributed by atoms with Crippen LogP contribution in [0.25, 0.3) is 0 Å². The highest BCUT2D eigenvalue weighted by atomic mass is 16.4. The molecule has 0 amide bonds. The first kappa shape index (κ1) is 20.3. The van der Waals surface area contributed by atoms with E-state index in [0.29, 0.717) is 32.5 Å². The van der Waals surface area contributed by atoms with Crippen LogP contribution in [0.15, 0.2) is 48.7 Å². The predicted octanol–water partition coefficient (Wildman–Crippen LogP) is 2.78. The Balaban J connectivity index is 1.70. The lowest BCUT2D eigenvalue weighted by Crippen LogP contribution is -2.55. The van der Waals surface area contributed by atoms with E-state index < -0.39 is 17.5 Å². The molecule has 6 heteroatoms. The standard InChI is InChI=1S/C22H29N3O3/c1-23-20-18(10-6-13-24-20)15-25-14-11-19(26)22(16-25,21(27)28)12-5-9-17-7-3-2-4-8-17/h2-4,6-8,10,13,19,26H,5,9,11-12,14-16H2,1H3,(H,23,24)(H,27,28)/t19-,22+/m0/s1. The number of anilines is 1. The van der Waals surface area contributed by atoms with Gasteiger partial charge in [-0.05, 0) is 37.3 Å². The average molecular weight is 383 g/mol. The fourth-order valence-corrected chi connectivity index (χ4v) is 4.15. The number of aliphatic hydroxyl groups is 1. The van der Waals surface area contributed by atoms with Crippen LogP contribution in [-0.4, -0.2) is 52.3 Å². The topological polar surface area (TPSA) is 85.7 Å². The second-order valence-electron chi connectivity index (χ2n) is 7.58. The van der Waals surface area contributed by atoms with E-state index in [9.17, 15) is 15.0 Å². The van der Waals surface area contributed by atoms with Crippen molar-refractivity contribution in [2.75, 3.05) is 25.5 Å². The average Bonchev–Trinajstić information content (AvgIpc) is 2.71. The van der Waals surface area contributed by atoms with E-state index in [1.165, 1.54) is 5.56 Å². The van der Waals surface area contributed by atoms with Crippen LogP contribution in [0.5, 0.6) is 0 Å². The summed E-state index contributed by atoms with van der Waals surface area (Å²) in [5.41, 5.74) is 1.10. The van der Waals surface area contributed by atoms with E-state index in [2.05, 4.69) is 27.3 Å². The van der Waals surface area contributed by atoms with Crippen molar-refractivity contribution in [1.29, 1.82) is 0 Å². The van der Waals surface area contributed by atoms with Gasteiger partial charge in [-0.1, -0.05) is 36.4 Å². The van der Waals surface area contributed by atoms with Crippen LogP contribution in [0.3, 0.4) is 0 Å². The number of aromatic nitrogens is 1. The van der Waals surface area contributed by atoms with Crippen LogP contribution in [0.4, 0.5) is 5.82 Å². The van der Waals surface area contributed by atoms with Gasteiger partial charge >= 0.3 is 5.97 Å². The van der Waals surface area contributed by atoms with Crippen LogP contribution in [0.2, 0.25) is 0 Å². The van der Waals surface area contributed by atoms with Gasteiger partial charge in [-0.15, -0.1) is 0 Å². The van der Waals surface area contributed by atoms with Crippen molar-refractivity contribution in [2.24, 2.45) is 5.41 Å². The van der Waals surface area contributed by atoms with Gasteiger partial charge in [0.15, 0.2) is 0 Å². The SMILES string of the molecule is CNc1ncccc1CN1CC[C@H](O)[C@](CCCc2ccccc2)(C(=O)O)C1. The third-order valence-electron chi connectivity index (χ3n) is 5.74. The molecule has 0 radical (unpaired) electrons. The molecule has 0 saturated carbocycles. The summed E-state index contributed by atoms with van der Waals surface area (Å²) >= 11 is 0. The molecule has 0 unspecified atom stereocenters.